The number of non-ortho nitro benzene ring substituents is 1. The van der Waals surface area contributed by atoms with Gasteiger partial charge in [-0.2, -0.15) is 0 Å². The second-order valence-corrected chi connectivity index (χ2v) is 6.82. The molecule has 0 saturated heterocycles. The van der Waals surface area contributed by atoms with Gasteiger partial charge < -0.3 is 4.90 Å². The van der Waals surface area contributed by atoms with Gasteiger partial charge in [-0.15, -0.1) is 0 Å². The molecule has 0 aliphatic carbocycles. The Labute approximate surface area is 161 Å². The highest BCUT2D eigenvalue weighted by molar-refractivity contribution is 5.87. The van der Waals surface area contributed by atoms with Crippen molar-refractivity contribution in [2.24, 2.45) is 0 Å². The molecule has 1 aliphatic heterocycles. The molecule has 3 aromatic carbocycles. The highest BCUT2D eigenvalue weighted by atomic mass is 16.6. The first kappa shape index (κ1) is 16.5. The molecule has 0 unspecified atom stereocenters. The lowest BCUT2D eigenvalue weighted by molar-refractivity contribution is -0.384. The standard InChI is InChI=1S/C22H18N4O2/c1-2-24-19-12-5-3-10-17(19)21-23-18-11-4-6-13-20(18)25(21)22(24)15-8-7-9-16(14-15)26(27)28/h3-14,22H,2H2,1H3/t22-/m0/s1. The Morgan fingerprint density at radius 1 is 1.04 bits per heavy atom. The Balaban J connectivity index is 1.84. The summed E-state index contributed by atoms with van der Waals surface area (Å²) >= 11 is 0. The minimum atomic E-state index is -0.344. The van der Waals surface area contributed by atoms with Crippen molar-refractivity contribution >= 4 is 22.4 Å². The summed E-state index contributed by atoms with van der Waals surface area (Å²) in [5, 5.41) is 11.4. The fraction of sp³-hybridized carbons (Fsp3) is 0.136. The molecule has 6 heteroatoms. The van der Waals surface area contributed by atoms with E-state index in [-0.39, 0.29) is 16.8 Å². The number of nitro benzene ring substituents is 1. The maximum atomic E-state index is 11.4. The smallest absolute Gasteiger partial charge is 0.269 e. The highest BCUT2D eigenvalue weighted by Gasteiger charge is 2.33. The zero-order chi connectivity index (χ0) is 19.3. The average molecular weight is 370 g/mol. The zero-order valence-electron chi connectivity index (χ0n) is 15.3. The molecule has 28 heavy (non-hydrogen) atoms. The van der Waals surface area contributed by atoms with Crippen molar-refractivity contribution in [1.82, 2.24) is 9.55 Å². The van der Waals surface area contributed by atoms with Crippen molar-refractivity contribution in [3.05, 3.63) is 88.5 Å². The van der Waals surface area contributed by atoms with E-state index in [0.29, 0.717) is 0 Å². The Morgan fingerprint density at radius 3 is 2.64 bits per heavy atom. The molecule has 0 radical (unpaired) electrons. The number of hydrogen-bond acceptors (Lipinski definition) is 4. The molecule has 0 amide bonds. The minimum absolute atomic E-state index is 0.0957. The third kappa shape index (κ3) is 2.31. The van der Waals surface area contributed by atoms with Gasteiger partial charge in [0.25, 0.3) is 5.69 Å². The molecule has 1 atom stereocenters. The van der Waals surface area contributed by atoms with Gasteiger partial charge in [-0.05, 0) is 31.2 Å². The summed E-state index contributed by atoms with van der Waals surface area (Å²) in [6, 6.07) is 23.1. The van der Waals surface area contributed by atoms with Crippen LogP contribution in [-0.4, -0.2) is 21.0 Å². The van der Waals surface area contributed by atoms with Crippen LogP contribution in [0.4, 0.5) is 11.4 Å². The molecule has 2 heterocycles. The summed E-state index contributed by atoms with van der Waals surface area (Å²) in [7, 11) is 0. The summed E-state index contributed by atoms with van der Waals surface area (Å²) in [5.41, 5.74) is 5.06. The molecule has 0 spiro atoms. The van der Waals surface area contributed by atoms with E-state index in [2.05, 4.69) is 34.6 Å². The summed E-state index contributed by atoms with van der Waals surface area (Å²) in [6.45, 7) is 2.86. The minimum Gasteiger partial charge on any atom is -0.347 e. The largest absolute Gasteiger partial charge is 0.347 e. The maximum absolute atomic E-state index is 11.4. The number of rotatable bonds is 3. The van der Waals surface area contributed by atoms with E-state index in [9.17, 15) is 10.1 Å². The van der Waals surface area contributed by atoms with Crippen molar-refractivity contribution < 1.29 is 4.92 Å². The van der Waals surface area contributed by atoms with Crippen LogP contribution in [0.15, 0.2) is 72.8 Å². The van der Waals surface area contributed by atoms with Gasteiger partial charge in [0.2, 0.25) is 0 Å². The lowest BCUT2D eigenvalue weighted by atomic mass is 10.0. The molecular weight excluding hydrogens is 352 g/mol. The molecule has 138 valence electrons. The number of aromatic nitrogens is 2. The van der Waals surface area contributed by atoms with Gasteiger partial charge in [-0.25, -0.2) is 4.98 Å². The first-order chi connectivity index (χ1) is 13.7. The van der Waals surface area contributed by atoms with Crippen LogP contribution in [0.25, 0.3) is 22.4 Å². The summed E-state index contributed by atoms with van der Waals surface area (Å²) in [5.74, 6) is 0.887. The van der Waals surface area contributed by atoms with Crippen LogP contribution >= 0.6 is 0 Å². The van der Waals surface area contributed by atoms with Gasteiger partial charge in [0.05, 0.1) is 16.0 Å². The summed E-state index contributed by atoms with van der Waals surface area (Å²) < 4.78 is 2.19. The van der Waals surface area contributed by atoms with Crippen LogP contribution in [0, 0.1) is 10.1 Å². The van der Waals surface area contributed by atoms with Gasteiger partial charge in [0.15, 0.2) is 0 Å². The molecule has 5 rings (SSSR count). The topological polar surface area (TPSA) is 64.2 Å². The number of nitrogens with zero attached hydrogens (tertiary/aromatic N) is 4. The van der Waals surface area contributed by atoms with E-state index in [1.165, 1.54) is 6.07 Å². The number of imidazole rings is 1. The van der Waals surface area contributed by atoms with Crippen molar-refractivity contribution in [3.63, 3.8) is 0 Å². The lowest BCUT2D eigenvalue weighted by Crippen LogP contribution is -2.37. The molecule has 0 fully saturated rings. The third-order valence-corrected chi connectivity index (χ3v) is 5.31. The Kier molecular flexibility index (Phi) is 3.65. The SMILES string of the molecule is CCN1c2ccccc2-c2nc3ccccc3n2[C@H]1c1cccc([N+](=O)[O-])c1. The molecule has 1 aromatic heterocycles. The predicted octanol–water partition coefficient (Wildman–Crippen LogP) is 5.00. The number of para-hydroxylation sites is 3. The molecule has 6 nitrogen and oxygen atoms in total. The van der Waals surface area contributed by atoms with Gasteiger partial charge in [0, 0.05) is 35.5 Å². The van der Waals surface area contributed by atoms with E-state index in [4.69, 9.17) is 4.98 Å². The van der Waals surface area contributed by atoms with Crippen LogP contribution in [0.1, 0.15) is 18.7 Å². The first-order valence-corrected chi connectivity index (χ1v) is 9.26. The number of fused-ring (bicyclic) bond motifs is 5. The van der Waals surface area contributed by atoms with Crippen LogP contribution < -0.4 is 4.90 Å². The van der Waals surface area contributed by atoms with Crippen molar-refractivity contribution in [1.29, 1.82) is 0 Å². The first-order valence-electron chi connectivity index (χ1n) is 9.26. The van der Waals surface area contributed by atoms with Gasteiger partial charge in [-0.1, -0.05) is 36.4 Å². The Morgan fingerprint density at radius 2 is 1.82 bits per heavy atom. The number of nitro groups is 1. The lowest BCUT2D eigenvalue weighted by Gasteiger charge is -2.40. The van der Waals surface area contributed by atoms with Gasteiger partial charge in [-0.3, -0.25) is 14.7 Å². The third-order valence-electron chi connectivity index (χ3n) is 5.31. The number of benzene rings is 3. The van der Waals surface area contributed by atoms with E-state index in [0.717, 1.165) is 40.2 Å². The highest BCUT2D eigenvalue weighted by Crippen LogP contribution is 2.44. The van der Waals surface area contributed by atoms with Gasteiger partial charge >= 0.3 is 0 Å². The average Bonchev–Trinajstić information content (AvgIpc) is 3.12. The molecule has 0 N–H and O–H groups in total. The Bertz CT molecular complexity index is 1210. The Hall–Kier alpha value is -3.67. The van der Waals surface area contributed by atoms with E-state index < -0.39 is 0 Å². The molecule has 1 aliphatic rings. The van der Waals surface area contributed by atoms with E-state index >= 15 is 0 Å². The van der Waals surface area contributed by atoms with E-state index in [1.54, 1.807) is 12.1 Å². The summed E-state index contributed by atoms with van der Waals surface area (Å²) in [4.78, 5) is 18.2. The fourth-order valence-electron chi connectivity index (χ4n) is 4.14. The second-order valence-electron chi connectivity index (χ2n) is 6.82. The normalized spacial score (nSPS) is 15.3. The van der Waals surface area contributed by atoms with Crippen molar-refractivity contribution in [3.8, 4) is 11.4 Å². The van der Waals surface area contributed by atoms with E-state index in [1.807, 2.05) is 36.4 Å². The fourth-order valence-corrected chi connectivity index (χ4v) is 4.14. The molecule has 0 bridgehead atoms. The van der Waals surface area contributed by atoms with Crippen molar-refractivity contribution in [2.45, 2.75) is 13.1 Å². The van der Waals surface area contributed by atoms with Gasteiger partial charge in [0.1, 0.15) is 12.0 Å². The zero-order valence-corrected chi connectivity index (χ0v) is 15.3. The summed E-state index contributed by atoms with van der Waals surface area (Å²) in [6.07, 6.45) is -0.206. The quantitative estimate of drug-likeness (QED) is 0.376. The van der Waals surface area contributed by atoms with Crippen LogP contribution in [0.5, 0.6) is 0 Å². The number of hydrogen-bond donors (Lipinski definition) is 0. The molecule has 0 saturated carbocycles. The van der Waals surface area contributed by atoms with Crippen molar-refractivity contribution in [2.75, 3.05) is 11.4 Å². The van der Waals surface area contributed by atoms with Crippen LogP contribution in [0.2, 0.25) is 0 Å². The monoisotopic (exact) mass is 370 g/mol. The van der Waals surface area contributed by atoms with Crippen LogP contribution in [-0.2, 0) is 0 Å². The second kappa shape index (κ2) is 6.20. The maximum Gasteiger partial charge on any atom is 0.269 e. The predicted molar refractivity (Wildman–Crippen MR) is 109 cm³/mol. The van der Waals surface area contributed by atoms with Crippen LogP contribution in [0.3, 0.4) is 0 Å². The molecular formula is C22H18N4O2. The molecule has 4 aromatic rings. The number of anilines is 1.